The molecule has 0 spiro atoms. The summed E-state index contributed by atoms with van der Waals surface area (Å²) >= 11 is 0. The Kier molecular flexibility index (Phi) is 7.41. The van der Waals surface area contributed by atoms with Gasteiger partial charge in [-0.1, -0.05) is 133 Å². The maximum absolute atomic E-state index is 16.1. The molecule has 2 aliphatic rings. The Labute approximate surface area is 274 Å². The Hall–Kier alpha value is -3.41. The van der Waals surface area contributed by atoms with Crippen molar-refractivity contribution in [3.05, 3.63) is 95.3 Å². The summed E-state index contributed by atoms with van der Waals surface area (Å²) in [5, 5.41) is 14.3. The van der Waals surface area contributed by atoms with E-state index in [1.54, 1.807) is 0 Å². The van der Waals surface area contributed by atoms with Crippen LogP contribution in [0, 0.1) is 17.8 Å². The van der Waals surface area contributed by atoms with Crippen LogP contribution in [0.5, 0.6) is 0 Å². The summed E-state index contributed by atoms with van der Waals surface area (Å²) in [7, 11) is -2.87. The van der Waals surface area contributed by atoms with Gasteiger partial charge in [-0.3, -0.25) is 0 Å². The number of hydrogen-bond acceptors (Lipinski definition) is 1. The second kappa shape index (κ2) is 11.4. The summed E-state index contributed by atoms with van der Waals surface area (Å²) in [5.41, 5.74) is 4.37. The van der Waals surface area contributed by atoms with Crippen molar-refractivity contribution in [2.24, 2.45) is 17.8 Å². The van der Waals surface area contributed by atoms with Crippen molar-refractivity contribution < 1.29 is 4.57 Å². The summed E-state index contributed by atoms with van der Waals surface area (Å²) in [6.45, 7) is 11.7. The van der Waals surface area contributed by atoms with Crippen LogP contribution in [0.2, 0.25) is 0 Å². The van der Waals surface area contributed by atoms with Crippen LogP contribution in [0.4, 0.5) is 0 Å². The van der Waals surface area contributed by atoms with E-state index in [1.165, 1.54) is 88.7 Å². The van der Waals surface area contributed by atoms with Gasteiger partial charge in [0, 0.05) is 16.3 Å². The van der Waals surface area contributed by atoms with Crippen LogP contribution >= 0.6 is 7.14 Å². The van der Waals surface area contributed by atoms with E-state index >= 15 is 4.57 Å². The van der Waals surface area contributed by atoms with Gasteiger partial charge in [0.1, 0.15) is 7.14 Å². The molecule has 8 rings (SSSR count). The van der Waals surface area contributed by atoms with E-state index in [0.29, 0.717) is 17.8 Å². The van der Waals surface area contributed by atoms with E-state index in [2.05, 4.69) is 119 Å². The molecule has 0 amide bonds. The fourth-order valence-corrected chi connectivity index (χ4v) is 13.5. The largest absolute Gasteiger partial charge is 0.314 e. The van der Waals surface area contributed by atoms with E-state index in [4.69, 9.17) is 0 Å². The van der Waals surface area contributed by atoms with Gasteiger partial charge in [0.05, 0.1) is 0 Å². The second-order valence-electron chi connectivity index (χ2n) is 14.8. The lowest BCUT2D eigenvalue weighted by molar-refractivity contribution is 0.238. The van der Waals surface area contributed by atoms with Gasteiger partial charge in [-0.05, 0) is 114 Å². The van der Waals surface area contributed by atoms with Gasteiger partial charge in [0.15, 0.2) is 0 Å². The Morgan fingerprint density at radius 2 is 1.33 bits per heavy atom. The highest BCUT2D eigenvalue weighted by Gasteiger charge is 2.46. The molecule has 1 saturated carbocycles. The minimum Gasteiger partial charge on any atom is -0.314 e. The molecular formula is C44H47OP. The van der Waals surface area contributed by atoms with Crippen LogP contribution in [-0.2, 0) is 17.4 Å². The topological polar surface area (TPSA) is 17.1 Å². The molecule has 234 valence electrons. The summed E-state index contributed by atoms with van der Waals surface area (Å²) in [5.74, 6) is 3.81. The van der Waals surface area contributed by atoms with Crippen molar-refractivity contribution in [2.75, 3.05) is 0 Å². The minimum absolute atomic E-state index is 0.201. The third-order valence-electron chi connectivity index (χ3n) is 11.7. The number of aryl methyl sites for hydroxylation is 2. The molecule has 1 fully saturated rings. The fraction of sp³-hybridized carbons (Fsp3) is 0.364. The highest BCUT2D eigenvalue weighted by Crippen LogP contribution is 2.64. The molecular weight excluding hydrogens is 575 g/mol. The molecule has 0 bridgehead atoms. The Balaban J connectivity index is 1.62. The van der Waals surface area contributed by atoms with Crippen molar-refractivity contribution in [2.45, 2.75) is 85.2 Å². The first-order chi connectivity index (χ1) is 22.4. The molecule has 1 aliphatic carbocycles. The second-order valence-corrected chi connectivity index (χ2v) is 17.7. The molecule has 1 unspecified atom stereocenters. The zero-order valence-electron chi connectivity index (χ0n) is 28.2. The zero-order valence-corrected chi connectivity index (χ0v) is 29.1. The summed E-state index contributed by atoms with van der Waals surface area (Å²) < 4.78 is 16.1. The van der Waals surface area contributed by atoms with Gasteiger partial charge in [0.2, 0.25) is 0 Å². The average Bonchev–Trinajstić information content (AvgIpc) is 3.42. The molecule has 0 N–H and O–H groups in total. The predicted molar refractivity (Wildman–Crippen MR) is 203 cm³/mol. The van der Waals surface area contributed by atoms with Gasteiger partial charge < -0.3 is 4.57 Å². The molecule has 0 saturated heterocycles. The van der Waals surface area contributed by atoms with E-state index < -0.39 is 7.14 Å². The lowest BCUT2D eigenvalue weighted by Gasteiger charge is -2.40. The lowest BCUT2D eigenvalue weighted by atomic mass is 9.77. The molecule has 0 radical (unpaired) electrons. The number of benzene rings is 6. The van der Waals surface area contributed by atoms with Crippen molar-refractivity contribution in [1.29, 1.82) is 0 Å². The maximum atomic E-state index is 16.1. The van der Waals surface area contributed by atoms with E-state index in [0.717, 1.165) is 32.1 Å². The summed E-state index contributed by atoms with van der Waals surface area (Å²) in [6, 6.07) is 27.5. The van der Waals surface area contributed by atoms with Crippen LogP contribution < -0.4 is 5.30 Å². The van der Waals surface area contributed by atoms with Crippen molar-refractivity contribution in [3.63, 3.8) is 0 Å². The lowest BCUT2D eigenvalue weighted by Crippen LogP contribution is -2.34. The molecule has 1 heterocycles. The van der Waals surface area contributed by atoms with Crippen LogP contribution in [0.1, 0.15) is 83.4 Å². The van der Waals surface area contributed by atoms with E-state index in [9.17, 15) is 0 Å². The standard InChI is InChI=1S/C44H47OP/c1-6-10-35-36(11-7-2)38-23-20-32-24-25-46(45,39-26-28(5)14-21-33(39)27(3)4)44(32)43(38)42-37(35)22-19-31-18-17-30-16-15-29-12-8-9-13-34(29)40(30)41(31)42/h8-9,12-13,15-20,22-25,27-28,33,39H,6-7,10-11,14,21,26H2,1-5H3/t28-,33-,39+,46?/m0/s1. The van der Waals surface area contributed by atoms with Gasteiger partial charge in [-0.15, -0.1) is 0 Å². The average molecular weight is 623 g/mol. The first-order valence-electron chi connectivity index (χ1n) is 17.9. The number of fused-ring (bicyclic) bond motifs is 11. The van der Waals surface area contributed by atoms with Gasteiger partial charge >= 0.3 is 0 Å². The molecule has 1 aliphatic heterocycles. The summed E-state index contributed by atoms with van der Waals surface area (Å²) in [4.78, 5) is 0. The van der Waals surface area contributed by atoms with E-state index in [-0.39, 0.29) is 5.66 Å². The van der Waals surface area contributed by atoms with E-state index in [1.807, 2.05) is 0 Å². The monoisotopic (exact) mass is 622 g/mol. The van der Waals surface area contributed by atoms with Crippen LogP contribution in [0.15, 0.2) is 78.6 Å². The molecule has 4 atom stereocenters. The number of rotatable bonds is 6. The first-order valence-corrected chi connectivity index (χ1v) is 19.8. The van der Waals surface area contributed by atoms with Crippen molar-refractivity contribution in [3.8, 4) is 0 Å². The summed E-state index contributed by atoms with van der Waals surface area (Å²) in [6.07, 6.45) is 10.0. The highest BCUT2D eigenvalue weighted by molar-refractivity contribution is 7.76. The Morgan fingerprint density at radius 3 is 2.04 bits per heavy atom. The van der Waals surface area contributed by atoms with Gasteiger partial charge in [-0.25, -0.2) is 0 Å². The predicted octanol–water partition coefficient (Wildman–Crippen LogP) is 12.8. The minimum atomic E-state index is -2.87. The SMILES string of the molecule is CCCc1c(CCC)c2ccc3ccc4ccc5ccccc5c4c3c2c2c3c(ccc12)C=CP3(=O)[C@@H]1C[C@@H](C)CC[C@H]1C(C)C. The molecule has 6 aromatic rings. The normalized spacial score (nSPS) is 23.0. The third-order valence-corrected chi connectivity index (χ3v) is 15.0. The molecule has 46 heavy (non-hydrogen) atoms. The van der Waals surface area contributed by atoms with Gasteiger partial charge in [0.25, 0.3) is 0 Å². The number of hydrogen-bond donors (Lipinski definition) is 0. The van der Waals surface area contributed by atoms with Gasteiger partial charge in [-0.2, -0.15) is 0 Å². The smallest absolute Gasteiger partial charge is 0.140 e. The Bertz CT molecular complexity index is 2250. The zero-order chi connectivity index (χ0) is 31.7. The molecule has 0 aromatic heterocycles. The molecule has 2 heteroatoms. The molecule has 1 nitrogen and oxygen atoms in total. The van der Waals surface area contributed by atoms with Crippen LogP contribution in [-0.4, -0.2) is 5.66 Å². The van der Waals surface area contributed by atoms with Crippen LogP contribution in [0.25, 0.3) is 59.9 Å². The molecule has 6 aromatic carbocycles. The highest BCUT2D eigenvalue weighted by atomic mass is 31.2. The van der Waals surface area contributed by atoms with Crippen molar-refractivity contribution >= 4 is 72.4 Å². The fourth-order valence-electron chi connectivity index (χ4n) is 9.58. The Morgan fingerprint density at radius 1 is 0.696 bits per heavy atom. The first kappa shape index (κ1) is 30.0. The third kappa shape index (κ3) is 4.37. The van der Waals surface area contributed by atoms with Crippen LogP contribution in [0.3, 0.4) is 0 Å². The maximum Gasteiger partial charge on any atom is 0.140 e. The quantitative estimate of drug-likeness (QED) is 0.133. The van der Waals surface area contributed by atoms with Crippen molar-refractivity contribution in [1.82, 2.24) is 0 Å².